The Balaban J connectivity index is 1.65. The molecule has 0 radical (unpaired) electrons. The van der Waals surface area contributed by atoms with Crippen LogP contribution in [0.5, 0.6) is 0 Å². The van der Waals surface area contributed by atoms with Crippen molar-refractivity contribution in [1.82, 2.24) is 5.32 Å². The van der Waals surface area contributed by atoms with E-state index in [-0.39, 0.29) is 22.9 Å². The van der Waals surface area contributed by atoms with Crippen molar-refractivity contribution in [3.63, 3.8) is 0 Å². The minimum atomic E-state index is -0.523. The molecule has 0 saturated heterocycles. The lowest BCUT2D eigenvalue weighted by Gasteiger charge is -2.39. The van der Waals surface area contributed by atoms with E-state index < -0.39 is 5.92 Å². The number of ketones is 1. The van der Waals surface area contributed by atoms with Crippen LogP contribution in [0.4, 0.5) is 5.69 Å². The van der Waals surface area contributed by atoms with Gasteiger partial charge in [-0.25, -0.2) is 0 Å². The number of carbonyl (C=O) groups excluding carboxylic acids is 2. The van der Waals surface area contributed by atoms with Gasteiger partial charge in [-0.3, -0.25) is 9.59 Å². The molecule has 2 aromatic carbocycles. The van der Waals surface area contributed by atoms with Crippen LogP contribution in [0.2, 0.25) is 15.1 Å². The molecule has 2 aliphatic rings. The number of nitrogens with zero attached hydrogens (tertiary/aromatic N) is 1. The number of rotatable bonds is 5. The van der Waals surface area contributed by atoms with E-state index in [9.17, 15) is 14.9 Å². The summed E-state index contributed by atoms with van der Waals surface area (Å²) in [4.78, 5) is 25.9. The Bertz CT molecular complexity index is 1310. The largest absolute Gasteiger partial charge is 0.352 e. The van der Waals surface area contributed by atoms with E-state index in [0.717, 1.165) is 11.3 Å². The second-order valence-electron chi connectivity index (χ2n) is 9.26. The number of carbonyl (C=O) groups is 2. The van der Waals surface area contributed by atoms with Gasteiger partial charge in [0.15, 0.2) is 5.78 Å². The number of amides is 1. The smallest absolute Gasteiger partial charge is 0.234 e. The number of thioether (sulfide) groups is 1. The average Bonchev–Trinajstić information content (AvgIpc) is 2.79. The molecule has 180 valence electrons. The summed E-state index contributed by atoms with van der Waals surface area (Å²) in [6, 6.07) is 14.3. The van der Waals surface area contributed by atoms with Crippen molar-refractivity contribution in [3.8, 4) is 6.07 Å². The molecule has 0 bridgehead atoms. The molecular weight excluding hydrogens is 525 g/mol. The number of Topliss-reactive ketones (excluding diaryl/α,β-unsaturated/α-hetero) is 1. The first-order valence-corrected chi connectivity index (χ1v) is 13.0. The fourth-order valence-electron chi connectivity index (χ4n) is 4.40. The predicted octanol–water partition coefficient (Wildman–Crippen LogP) is 7.08. The Morgan fingerprint density at radius 2 is 1.83 bits per heavy atom. The molecule has 2 aromatic rings. The standard InChI is InChI=1S/C26H22Cl3N3O2S/c1-26(2)10-20-24(21(33)11-26)23(14-3-5-15(27)6-4-14)17(12-30)25(32-20)35-13-22(34)31-19-9-16(28)7-8-18(19)29/h3-9,23,32H,10-11,13H2,1-2H3,(H,31,34)/t23-/m0/s1. The SMILES string of the molecule is CC1(C)CC(=O)C2=C(C1)NC(SCC(=O)Nc1cc(Cl)ccc1Cl)=C(C#N)[C@@H]2c1ccc(Cl)cc1. The highest BCUT2D eigenvalue weighted by Gasteiger charge is 2.41. The van der Waals surface area contributed by atoms with Gasteiger partial charge in [0.1, 0.15) is 0 Å². The van der Waals surface area contributed by atoms with Gasteiger partial charge >= 0.3 is 0 Å². The van der Waals surface area contributed by atoms with Gasteiger partial charge in [-0.05, 0) is 47.7 Å². The maximum atomic E-state index is 13.2. The highest BCUT2D eigenvalue weighted by atomic mass is 35.5. The first-order valence-electron chi connectivity index (χ1n) is 10.9. The van der Waals surface area contributed by atoms with Crippen LogP contribution in [0.25, 0.3) is 0 Å². The van der Waals surface area contributed by atoms with Gasteiger partial charge in [-0.1, -0.05) is 72.5 Å². The van der Waals surface area contributed by atoms with Gasteiger partial charge in [0, 0.05) is 27.7 Å². The summed E-state index contributed by atoms with van der Waals surface area (Å²) in [6.07, 6.45) is 1.06. The lowest BCUT2D eigenvalue weighted by Crippen LogP contribution is -2.37. The van der Waals surface area contributed by atoms with Crippen molar-refractivity contribution in [2.45, 2.75) is 32.6 Å². The lowest BCUT2D eigenvalue weighted by molar-refractivity contribution is -0.118. The van der Waals surface area contributed by atoms with Crippen molar-refractivity contribution in [2.24, 2.45) is 5.41 Å². The van der Waals surface area contributed by atoms with Gasteiger partial charge < -0.3 is 10.6 Å². The molecule has 0 spiro atoms. The number of anilines is 1. The molecule has 1 aliphatic heterocycles. The first kappa shape index (κ1) is 25.7. The van der Waals surface area contributed by atoms with Gasteiger partial charge in [-0.2, -0.15) is 5.26 Å². The molecule has 0 aromatic heterocycles. The van der Waals surface area contributed by atoms with Crippen LogP contribution in [0.3, 0.4) is 0 Å². The van der Waals surface area contributed by atoms with Crippen LogP contribution in [0, 0.1) is 16.7 Å². The Kier molecular flexibility index (Phi) is 7.54. The monoisotopic (exact) mass is 545 g/mol. The number of allylic oxidation sites excluding steroid dienone is 3. The van der Waals surface area contributed by atoms with Gasteiger partial charge in [-0.15, -0.1) is 0 Å². The summed E-state index contributed by atoms with van der Waals surface area (Å²) in [7, 11) is 0. The Labute approximate surface area is 223 Å². The molecule has 9 heteroatoms. The van der Waals surface area contributed by atoms with Crippen LogP contribution in [-0.2, 0) is 9.59 Å². The number of halogens is 3. The zero-order chi connectivity index (χ0) is 25.3. The molecule has 5 nitrogen and oxygen atoms in total. The molecule has 35 heavy (non-hydrogen) atoms. The summed E-state index contributed by atoms with van der Waals surface area (Å²) in [5.74, 6) is -0.767. The minimum Gasteiger partial charge on any atom is -0.352 e. The molecule has 1 heterocycles. The Morgan fingerprint density at radius 1 is 1.14 bits per heavy atom. The first-order chi connectivity index (χ1) is 16.6. The van der Waals surface area contributed by atoms with E-state index in [1.54, 1.807) is 30.3 Å². The van der Waals surface area contributed by atoms with E-state index in [1.165, 1.54) is 11.8 Å². The molecule has 1 atom stereocenters. The summed E-state index contributed by atoms with van der Waals surface area (Å²) >= 11 is 19.5. The van der Waals surface area contributed by atoms with E-state index in [4.69, 9.17) is 34.8 Å². The molecular formula is C26H22Cl3N3O2S. The van der Waals surface area contributed by atoms with Crippen molar-refractivity contribution in [1.29, 1.82) is 5.26 Å². The topological polar surface area (TPSA) is 82.0 Å². The zero-order valence-electron chi connectivity index (χ0n) is 19.0. The maximum absolute atomic E-state index is 13.2. The predicted molar refractivity (Wildman–Crippen MR) is 143 cm³/mol. The average molecular weight is 547 g/mol. The molecule has 4 rings (SSSR count). The maximum Gasteiger partial charge on any atom is 0.234 e. The highest BCUT2D eigenvalue weighted by Crippen LogP contribution is 2.48. The molecule has 0 fully saturated rings. The Hall–Kier alpha value is -2.43. The van der Waals surface area contributed by atoms with Crippen molar-refractivity contribution in [2.75, 3.05) is 11.1 Å². The summed E-state index contributed by atoms with van der Waals surface area (Å²) in [6.45, 7) is 4.10. The van der Waals surface area contributed by atoms with Gasteiger partial charge in [0.05, 0.1) is 39.1 Å². The van der Waals surface area contributed by atoms with Crippen molar-refractivity contribution < 1.29 is 9.59 Å². The number of nitriles is 1. The number of benzene rings is 2. The number of nitrogens with one attached hydrogen (secondary N) is 2. The number of hydrogen-bond donors (Lipinski definition) is 2. The van der Waals surface area contributed by atoms with Crippen molar-refractivity contribution >= 4 is 63.9 Å². The third-order valence-corrected chi connectivity index (χ3v) is 7.71. The summed E-state index contributed by atoms with van der Waals surface area (Å²) in [5, 5.41) is 18.2. The van der Waals surface area contributed by atoms with Gasteiger partial charge in [0.25, 0.3) is 0 Å². The quantitative estimate of drug-likeness (QED) is 0.419. The van der Waals surface area contributed by atoms with E-state index in [0.29, 0.717) is 49.8 Å². The lowest BCUT2D eigenvalue weighted by atomic mass is 9.69. The van der Waals surface area contributed by atoms with Gasteiger partial charge in [0.2, 0.25) is 5.91 Å². The molecule has 1 amide bonds. The van der Waals surface area contributed by atoms with Crippen LogP contribution >= 0.6 is 46.6 Å². The fourth-order valence-corrected chi connectivity index (χ4v) is 5.72. The van der Waals surface area contributed by atoms with Crippen LogP contribution in [0.1, 0.15) is 38.2 Å². The number of hydrogen-bond acceptors (Lipinski definition) is 5. The zero-order valence-corrected chi connectivity index (χ0v) is 22.1. The Morgan fingerprint density at radius 3 is 2.51 bits per heavy atom. The third kappa shape index (κ3) is 5.70. The highest BCUT2D eigenvalue weighted by molar-refractivity contribution is 8.03. The van der Waals surface area contributed by atoms with Crippen LogP contribution < -0.4 is 10.6 Å². The van der Waals surface area contributed by atoms with Crippen molar-refractivity contribution in [3.05, 3.63) is 85.0 Å². The molecule has 2 N–H and O–H groups in total. The van der Waals surface area contributed by atoms with E-state index >= 15 is 0 Å². The second kappa shape index (κ2) is 10.3. The summed E-state index contributed by atoms with van der Waals surface area (Å²) < 4.78 is 0. The van der Waals surface area contributed by atoms with E-state index in [1.807, 2.05) is 26.0 Å². The minimum absolute atomic E-state index is 0.0221. The van der Waals surface area contributed by atoms with Crippen LogP contribution in [0.15, 0.2) is 64.3 Å². The van der Waals surface area contributed by atoms with E-state index in [2.05, 4.69) is 16.7 Å². The normalized spacial score (nSPS) is 19.1. The molecule has 0 unspecified atom stereocenters. The summed E-state index contributed by atoms with van der Waals surface area (Å²) in [5.41, 5.74) is 2.82. The fraction of sp³-hybridized carbons (Fsp3) is 0.269. The second-order valence-corrected chi connectivity index (χ2v) is 11.5. The molecule has 0 saturated carbocycles. The van der Waals surface area contributed by atoms with Crippen LogP contribution in [-0.4, -0.2) is 17.4 Å². The molecule has 1 aliphatic carbocycles. The number of dihydropyridines is 1. The third-order valence-electron chi connectivity index (χ3n) is 5.88.